The number of aromatic nitrogens is 2. The van der Waals surface area contributed by atoms with E-state index in [4.69, 9.17) is 14.7 Å². The summed E-state index contributed by atoms with van der Waals surface area (Å²) >= 11 is 0. The number of alkyl halides is 3. The minimum absolute atomic E-state index is 0.365. The molecule has 0 saturated heterocycles. The molecule has 0 aliphatic heterocycles. The molecule has 1 saturated carbocycles. The van der Waals surface area contributed by atoms with Crippen LogP contribution < -0.4 is 11.1 Å². The Morgan fingerprint density at radius 3 is 2.18 bits per heavy atom. The van der Waals surface area contributed by atoms with Crippen LogP contribution in [0.4, 0.5) is 23.8 Å². The van der Waals surface area contributed by atoms with Crippen LogP contribution in [0.2, 0.25) is 0 Å². The summed E-state index contributed by atoms with van der Waals surface area (Å²) in [6, 6.07) is 12.2. The first-order valence-electron chi connectivity index (χ1n) is 9.73. The number of rotatable bonds is 5. The topological polar surface area (TPSA) is 142 Å². The fourth-order valence-corrected chi connectivity index (χ4v) is 4.58. The van der Waals surface area contributed by atoms with Crippen LogP contribution in [0.15, 0.2) is 48.5 Å². The predicted molar refractivity (Wildman–Crippen MR) is 119 cm³/mol. The molecule has 1 aliphatic rings. The molecule has 1 aromatic heterocycles. The number of carbonyl (C=O) groups is 1. The van der Waals surface area contributed by atoms with Crippen LogP contribution in [-0.2, 0) is 15.9 Å². The van der Waals surface area contributed by atoms with Gasteiger partial charge in [-0.3, -0.25) is 4.78 Å². The number of primary amides is 1. The Hall–Kier alpha value is -3.41. The second kappa shape index (κ2) is 8.85. The minimum atomic E-state index is -4.39. The van der Waals surface area contributed by atoms with Crippen molar-refractivity contribution in [1.82, 2.24) is 10.2 Å². The number of nitrogens with two attached hydrogens (primary N) is 1. The Balaban J connectivity index is 0.000000709. The Morgan fingerprint density at radius 2 is 1.70 bits per heavy atom. The van der Waals surface area contributed by atoms with Gasteiger partial charge in [-0.15, -0.1) is 10.2 Å². The van der Waals surface area contributed by atoms with Crippen LogP contribution in [-0.4, -0.2) is 43.2 Å². The molecule has 8 nitrogen and oxygen atoms in total. The highest BCUT2D eigenvalue weighted by Gasteiger charge is 2.49. The van der Waals surface area contributed by atoms with Gasteiger partial charge >= 0.3 is 12.3 Å². The summed E-state index contributed by atoms with van der Waals surface area (Å²) in [6.07, 6.45) is -2.81. The molecule has 0 bridgehead atoms. The molecule has 1 heterocycles. The normalized spacial score (nSPS) is 16.2. The summed E-state index contributed by atoms with van der Waals surface area (Å²) in [5.74, 6) is 0.506. The first-order chi connectivity index (χ1) is 15.3. The number of nitrogens with one attached hydrogen (secondary N) is 2. The zero-order chi connectivity index (χ0) is 24.4. The lowest BCUT2D eigenvalue weighted by molar-refractivity contribution is -0.137. The van der Waals surface area contributed by atoms with Crippen LogP contribution in [0.1, 0.15) is 18.4 Å². The summed E-state index contributed by atoms with van der Waals surface area (Å²) in [7, 11) is -2.68. The third-order valence-corrected chi connectivity index (χ3v) is 7.59. The molecule has 1 unspecified atom stereocenters. The van der Waals surface area contributed by atoms with Gasteiger partial charge in [0.05, 0.1) is 10.3 Å². The minimum Gasteiger partial charge on any atom is -0.465 e. The van der Waals surface area contributed by atoms with E-state index in [0.717, 1.165) is 35.7 Å². The van der Waals surface area contributed by atoms with Crippen molar-refractivity contribution >= 4 is 32.4 Å². The average Bonchev–Trinajstić information content (AvgIpc) is 3.52. The Kier molecular flexibility index (Phi) is 6.50. The molecule has 5 N–H and O–H groups in total. The van der Waals surface area contributed by atoms with Gasteiger partial charge in [-0.25, -0.2) is 9.00 Å². The van der Waals surface area contributed by atoms with Crippen LogP contribution in [0.3, 0.4) is 0 Å². The van der Waals surface area contributed by atoms with Crippen molar-refractivity contribution in [1.29, 1.82) is 4.78 Å². The van der Waals surface area contributed by atoms with Crippen molar-refractivity contribution < 1.29 is 27.3 Å². The number of amides is 1. The molecule has 1 aliphatic carbocycles. The lowest BCUT2D eigenvalue weighted by Gasteiger charge is -2.18. The summed E-state index contributed by atoms with van der Waals surface area (Å²) < 4.78 is 58.1. The molecule has 1 fully saturated rings. The quantitative estimate of drug-likeness (QED) is 0.421. The third kappa shape index (κ3) is 5.51. The molecule has 1 amide bonds. The maximum absolute atomic E-state index is 12.8. The fraction of sp³-hybridized carbons (Fsp3) is 0.286. The van der Waals surface area contributed by atoms with Gasteiger partial charge in [-0.2, -0.15) is 13.2 Å². The van der Waals surface area contributed by atoms with Crippen molar-refractivity contribution in [3.8, 4) is 11.3 Å². The molecule has 2 aromatic carbocycles. The Bertz CT molecular complexity index is 1270. The maximum Gasteiger partial charge on any atom is 0.416 e. The van der Waals surface area contributed by atoms with Crippen molar-refractivity contribution in [2.45, 2.75) is 23.8 Å². The van der Waals surface area contributed by atoms with Gasteiger partial charge in [0.1, 0.15) is 5.69 Å². The zero-order valence-electron chi connectivity index (χ0n) is 17.5. The van der Waals surface area contributed by atoms with Crippen LogP contribution in [0.25, 0.3) is 22.0 Å². The van der Waals surface area contributed by atoms with E-state index in [0.29, 0.717) is 23.6 Å². The van der Waals surface area contributed by atoms with Gasteiger partial charge in [-0.1, -0.05) is 36.4 Å². The first kappa shape index (κ1) is 24.2. The van der Waals surface area contributed by atoms with Gasteiger partial charge in [0, 0.05) is 38.9 Å². The molecular weight excluding hydrogens is 459 g/mol. The van der Waals surface area contributed by atoms with E-state index in [1.165, 1.54) is 18.4 Å². The number of benzene rings is 2. The Morgan fingerprint density at radius 1 is 1.15 bits per heavy atom. The number of halogens is 3. The number of fused-ring (bicyclic) bond motifs is 1. The summed E-state index contributed by atoms with van der Waals surface area (Å²) in [5.41, 5.74) is 4.33. The first-order valence-corrected chi connectivity index (χ1v) is 11.7. The van der Waals surface area contributed by atoms with Crippen molar-refractivity contribution in [3.63, 3.8) is 0 Å². The molecule has 176 valence electrons. The smallest absolute Gasteiger partial charge is 0.416 e. The van der Waals surface area contributed by atoms with Gasteiger partial charge < -0.3 is 16.2 Å². The summed E-state index contributed by atoms with van der Waals surface area (Å²) in [4.78, 5) is 8.78. The molecular formula is C21H22F3N5O3S. The SMILES string of the molecule is CS(=N)(=O)C1(CNc2nnc(-c3ccc(C(F)(F)F)cc3)c3ccccc23)CC1.NC(=O)O. The largest absolute Gasteiger partial charge is 0.465 e. The number of anilines is 1. The van der Waals surface area contributed by atoms with E-state index < -0.39 is 32.3 Å². The number of hydrogen-bond donors (Lipinski definition) is 4. The van der Waals surface area contributed by atoms with Crippen LogP contribution in [0, 0.1) is 4.78 Å². The highest BCUT2D eigenvalue weighted by atomic mass is 32.2. The Labute approximate surface area is 188 Å². The maximum atomic E-state index is 12.8. The number of carboxylic acid groups (broad SMARTS) is 1. The molecule has 12 heteroatoms. The third-order valence-electron chi connectivity index (χ3n) is 5.38. The van der Waals surface area contributed by atoms with E-state index in [1.54, 1.807) is 0 Å². The van der Waals surface area contributed by atoms with Crippen LogP contribution in [0.5, 0.6) is 0 Å². The van der Waals surface area contributed by atoms with Crippen molar-refractivity contribution in [3.05, 3.63) is 54.1 Å². The van der Waals surface area contributed by atoms with E-state index in [-0.39, 0.29) is 0 Å². The highest BCUT2D eigenvalue weighted by Crippen LogP contribution is 2.43. The monoisotopic (exact) mass is 481 g/mol. The molecule has 0 radical (unpaired) electrons. The van der Waals surface area contributed by atoms with E-state index >= 15 is 0 Å². The van der Waals surface area contributed by atoms with E-state index in [2.05, 4.69) is 21.2 Å². The van der Waals surface area contributed by atoms with Gasteiger partial charge in [0.2, 0.25) is 0 Å². The average molecular weight is 482 g/mol. The summed E-state index contributed by atoms with van der Waals surface area (Å²) in [6.45, 7) is 0.365. The molecule has 0 spiro atoms. The van der Waals surface area contributed by atoms with Crippen molar-refractivity contribution in [2.24, 2.45) is 5.73 Å². The van der Waals surface area contributed by atoms with Gasteiger partial charge in [-0.05, 0) is 25.0 Å². The lowest BCUT2D eigenvalue weighted by Crippen LogP contribution is -2.29. The van der Waals surface area contributed by atoms with Gasteiger partial charge in [0.25, 0.3) is 0 Å². The van der Waals surface area contributed by atoms with Crippen molar-refractivity contribution in [2.75, 3.05) is 18.1 Å². The number of hydrogen-bond acceptors (Lipinski definition) is 6. The van der Waals surface area contributed by atoms with E-state index in [1.807, 2.05) is 24.3 Å². The lowest BCUT2D eigenvalue weighted by atomic mass is 10.0. The highest BCUT2D eigenvalue weighted by molar-refractivity contribution is 7.93. The molecule has 4 rings (SSSR count). The zero-order valence-corrected chi connectivity index (χ0v) is 18.3. The van der Waals surface area contributed by atoms with E-state index in [9.17, 15) is 17.4 Å². The van der Waals surface area contributed by atoms with Gasteiger partial charge in [0.15, 0.2) is 5.82 Å². The second-order valence-corrected chi connectivity index (χ2v) is 10.3. The molecule has 3 aromatic rings. The molecule has 33 heavy (non-hydrogen) atoms. The van der Waals surface area contributed by atoms with Crippen LogP contribution >= 0.6 is 0 Å². The standard InChI is InChI=1S/C20H19F3N4OS.CH3NO2/c1-29(24,28)19(10-11-19)12-25-18-16-5-3-2-4-15(16)17(26-27-18)13-6-8-14(9-7-13)20(21,22)23;2-1(3)4/h2-9,24H,10-12H2,1H3,(H,25,27);2H2,(H,3,4). The molecule has 1 atom stereocenters. The summed E-state index contributed by atoms with van der Waals surface area (Å²) in [5, 5.41) is 20.4. The predicted octanol–water partition coefficient (Wildman–Crippen LogP) is 4.56. The fourth-order valence-electron chi connectivity index (χ4n) is 3.35. The second-order valence-electron chi connectivity index (χ2n) is 7.74. The number of nitrogens with zero attached hydrogens (tertiary/aromatic N) is 2.